The van der Waals surface area contributed by atoms with Crippen LogP contribution in [0, 0.1) is 0 Å². The minimum atomic E-state index is -0.520. The molecule has 0 aliphatic rings. The Morgan fingerprint density at radius 3 is 2.54 bits per heavy atom. The molecule has 0 spiro atoms. The second-order valence-electron chi connectivity index (χ2n) is 5.03. The Morgan fingerprint density at radius 1 is 1.12 bits per heavy atom. The highest BCUT2D eigenvalue weighted by Crippen LogP contribution is 2.29. The van der Waals surface area contributed by atoms with E-state index in [1.807, 2.05) is 6.92 Å². The average Bonchev–Trinajstić information content (AvgIpc) is 2.62. The van der Waals surface area contributed by atoms with Crippen LogP contribution < -0.4 is 10.1 Å². The largest absolute Gasteiger partial charge is 0.494 e. The van der Waals surface area contributed by atoms with E-state index in [1.165, 1.54) is 11.8 Å². The molecule has 0 saturated carbocycles. The van der Waals surface area contributed by atoms with Gasteiger partial charge in [-0.15, -0.1) is 11.8 Å². The number of halogens is 2. The number of anilines is 1. The normalized spacial score (nSPS) is 10.3. The molecular formula is C18H17Cl2NO4S. The van der Waals surface area contributed by atoms with Crippen LogP contribution in [0.5, 0.6) is 5.75 Å². The Labute approximate surface area is 166 Å². The molecule has 0 saturated heterocycles. The molecule has 0 radical (unpaired) electrons. The monoisotopic (exact) mass is 413 g/mol. The van der Waals surface area contributed by atoms with E-state index in [-0.39, 0.29) is 12.4 Å². The number of ether oxygens (including phenoxy) is 2. The lowest BCUT2D eigenvalue weighted by atomic mass is 10.3. The zero-order chi connectivity index (χ0) is 18.9. The third-order valence-corrected chi connectivity index (χ3v) is 4.76. The van der Waals surface area contributed by atoms with Gasteiger partial charge in [-0.3, -0.25) is 9.59 Å². The molecule has 5 nitrogen and oxygen atoms in total. The molecular weight excluding hydrogens is 397 g/mol. The standard InChI is InChI=1S/C18H17Cl2NO4S/c1-2-24-14-6-4-13(5-7-14)21-17(22)10-25-18(23)11-26-16-9-12(19)3-8-15(16)20/h3-9H,2,10-11H2,1H3,(H,21,22). The van der Waals surface area contributed by atoms with Crippen LogP contribution in [0.4, 0.5) is 5.69 Å². The van der Waals surface area contributed by atoms with Crippen LogP contribution >= 0.6 is 35.0 Å². The van der Waals surface area contributed by atoms with Gasteiger partial charge in [-0.05, 0) is 49.4 Å². The topological polar surface area (TPSA) is 64.6 Å². The summed E-state index contributed by atoms with van der Waals surface area (Å²) < 4.78 is 10.3. The van der Waals surface area contributed by atoms with Gasteiger partial charge in [0.1, 0.15) is 5.75 Å². The molecule has 8 heteroatoms. The Bertz CT molecular complexity index is 768. The van der Waals surface area contributed by atoms with Crippen molar-refractivity contribution >= 4 is 52.5 Å². The van der Waals surface area contributed by atoms with E-state index in [0.717, 1.165) is 0 Å². The van der Waals surface area contributed by atoms with E-state index < -0.39 is 11.9 Å². The third kappa shape index (κ3) is 6.78. The molecule has 0 atom stereocenters. The summed E-state index contributed by atoms with van der Waals surface area (Å²) in [5.41, 5.74) is 0.592. The fourth-order valence-corrected chi connectivity index (χ4v) is 3.20. The summed E-state index contributed by atoms with van der Waals surface area (Å²) in [6, 6.07) is 11.9. The van der Waals surface area contributed by atoms with Gasteiger partial charge in [-0.1, -0.05) is 23.2 Å². The van der Waals surface area contributed by atoms with Crippen molar-refractivity contribution < 1.29 is 19.1 Å². The maximum Gasteiger partial charge on any atom is 0.316 e. The van der Waals surface area contributed by atoms with Crippen LogP contribution in [-0.4, -0.2) is 30.8 Å². The van der Waals surface area contributed by atoms with Crippen LogP contribution in [0.2, 0.25) is 10.0 Å². The molecule has 0 fully saturated rings. The van der Waals surface area contributed by atoms with Gasteiger partial charge < -0.3 is 14.8 Å². The predicted octanol–water partition coefficient (Wildman–Crippen LogP) is 4.67. The van der Waals surface area contributed by atoms with E-state index in [1.54, 1.807) is 42.5 Å². The number of esters is 1. The fourth-order valence-electron chi connectivity index (χ4n) is 1.91. The van der Waals surface area contributed by atoms with Gasteiger partial charge in [0.15, 0.2) is 6.61 Å². The molecule has 0 bridgehead atoms. The number of rotatable bonds is 8. The second kappa shape index (κ2) is 10.3. The zero-order valence-corrected chi connectivity index (χ0v) is 16.3. The van der Waals surface area contributed by atoms with Crippen molar-refractivity contribution in [2.45, 2.75) is 11.8 Å². The molecule has 0 aliphatic heterocycles. The maximum absolute atomic E-state index is 11.8. The predicted molar refractivity (Wildman–Crippen MR) is 104 cm³/mol. The van der Waals surface area contributed by atoms with Gasteiger partial charge in [0.05, 0.1) is 17.4 Å². The van der Waals surface area contributed by atoms with Crippen molar-refractivity contribution in [1.29, 1.82) is 0 Å². The summed E-state index contributed by atoms with van der Waals surface area (Å²) in [5.74, 6) is -0.203. The van der Waals surface area contributed by atoms with E-state index in [4.69, 9.17) is 32.7 Å². The first-order chi connectivity index (χ1) is 12.5. The highest BCUT2D eigenvalue weighted by molar-refractivity contribution is 8.00. The number of hydrogen-bond donors (Lipinski definition) is 1. The Hall–Kier alpha value is -1.89. The summed E-state index contributed by atoms with van der Waals surface area (Å²) in [6.07, 6.45) is 0. The van der Waals surface area contributed by atoms with Crippen molar-refractivity contribution in [3.63, 3.8) is 0 Å². The lowest BCUT2D eigenvalue weighted by Gasteiger charge is -2.08. The maximum atomic E-state index is 11.8. The number of thioether (sulfide) groups is 1. The third-order valence-electron chi connectivity index (χ3n) is 3.05. The molecule has 0 heterocycles. The molecule has 1 amide bonds. The van der Waals surface area contributed by atoms with Crippen molar-refractivity contribution in [3.8, 4) is 5.75 Å². The van der Waals surface area contributed by atoms with Gasteiger partial charge in [0.25, 0.3) is 5.91 Å². The minimum Gasteiger partial charge on any atom is -0.494 e. The summed E-state index contributed by atoms with van der Waals surface area (Å²) in [6.45, 7) is 2.10. The summed E-state index contributed by atoms with van der Waals surface area (Å²) in [5, 5.41) is 3.67. The van der Waals surface area contributed by atoms with E-state index in [9.17, 15) is 9.59 Å². The number of hydrogen-bond acceptors (Lipinski definition) is 5. The number of benzene rings is 2. The van der Waals surface area contributed by atoms with Crippen molar-refractivity contribution in [1.82, 2.24) is 0 Å². The molecule has 2 aromatic rings. The summed E-state index contributed by atoms with van der Waals surface area (Å²) in [4.78, 5) is 24.3. The lowest BCUT2D eigenvalue weighted by Crippen LogP contribution is -2.21. The van der Waals surface area contributed by atoms with Crippen LogP contribution in [0.15, 0.2) is 47.4 Å². The molecule has 0 aliphatic carbocycles. The minimum absolute atomic E-state index is 0.0242. The SMILES string of the molecule is CCOc1ccc(NC(=O)COC(=O)CSc2cc(Cl)ccc2Cl)cc1. The average molecular weight is 414 g/mol. The summed E-state index contributed by atoms with van der Waals surface area (Å²) in [7, 11) is 0. The van der Waals surface area contributed by atoms with Gasteiger partial charge in [0.2, 0.25) is 0 Å². The van der Waals surface area contributed by atoms with Crippen LogP contribution in [0.1, 0.15) is 6.92 Å². The van der Waals surface area contributed by atoms with Gasteiger partial charge in [0, 0.05) is 15.6 Å². The molecule has 0 unspecified atom stereocenters. The zero-order valence-electron chi connectivity index (χ0n) is 14.0. The van der Waals surface area contributed by atoms with E-state index in [2.05, 4.69) is 5.32 Å². The Kier molecular flexibility index (Phi) is 8.09. The number of carbonyl (C=O) groups excluding carboxylic acids is 2. The lowest BCUT2D eigenvalue weighted by molar-refractivity contribution is -0.144. The van der Waals surface area contributed by atoms with Gasteiger partial charge in [-0.25, -0.2) is 0 Å². The van der Waals surface area contributed by atoms with Gasteiger partial charge >= 0.3 is 5.97 Å². The first-order valence-electron chi connectivity index (χ1n) is 7.74. The quantitative estimate of drug-likeness (QED) is 0.503. The molecule has 2 aromatic carbocycles. The van der Waals surface area contributed by atoms with Crippen LogP contribution in [0.25, 0.3) is 0 Å². The molecule has 138 valence electrons. The Morgan fingerprint density at radius 2 is 1.85 bits per heavy atom. The van der Waals surface area contributed by atoms with Crippen molar-refractivity contribution in [2.75, 3.05) is 24.3 Å². The molecule has 2 rings (SSSR count). The fraction of sp³-hybridized carbons (Fsp3) is 0.222. The number of carbonyl (C=O) groups is 2. The van der Waals surface area contributed by atoms with E-state index in [0.29, 0.717) is 33.0 Å². The Balaban J connectivity index is 1.74. The van der Waals surface area contributed by atoms with Crippen molar-refractivity contribution in [2.24, 2.45) is 0 Å². The second-order valence-corrected chi connectivity index (χ2v) is 6.89. The molecule has 26 heavy (non-hydrogen) atoms. The highest BCUT2D eigenvalue weighted by Gasteiger charge is 2.10. The first kappa shape index (κ1) is 20.4. The highest BCUT2D eigenvalue weighted by atomic mass is 35.5. The summed E-state index contributed by atoms with van der Waals surface area (Å²) >= 11 is 13.1. The van der Waals surface area contributed by atoms with Gasteiger partial charge in [-0.2, -0.15) is 0 Å². The molecule has 0 aromatic heterocycles. The van der Waals surface area contributed by atoms with E-state index >= 15 is 0 Å². The molecule has 1 N–H and O–H groups in total. The smallest absolute Gasteiger partial charge is 0.316 e. The first-order valence-corrected chi connectivity index (χ1v) is 9.48. The van der Waals surface area contributed by atoms with Crippen LogP contribution in [0.3, 0.4) is 0 Å². The van der Waals surface area contributed by atoms with Crippen molar-refractivity contribution in [3.05, 3.63) is 52.5 Å². The number of nitrogens with one attached hydrogen (secondary N) is 1. The van der Waals surface area contributed by atoms with Crippen LogP contribution in [-0.2, 0) is 14.3 Å². The number of amides is 1.